The highest BCUT2D eigenvalue weighted by atomic mass is 32.2. The Hall–Kier alpha value is -2.64. The van der Waals surface area contributed by atoms with Gasteiger partial charge in [0.1, 0.15) is 11.9 Å². The molecule has 6 nitrogen and oxygen atoms in total. The molecular weight excluding hydrogens is 448 g/mol. The second kappa shape index (κ2) is 10.3. The number of amides is 1. The molecule has 2 aliphatic rings. The SMILES string of the molecule is CC(C)N1CCC(Oc2ccc(C3=CCN(C(=O)c4ccc(S(C)(=O)=O)cc4)CC3)cc2)CC1. The van der Waals surface area contributed by atoms with Gasteiger partial charge in [0.25, 0.3) is 5.91 Å². The van der Waals surface area contributed by atoms with Crippen molar-refractivity contribution in [1.82, 2.24) is 9.80 Å². The highest BCUT2D eigenvalue weighted by molar-refractivity contribution is 7.90. The molecule has 0 spiro atoms. The van der Waals surface area contributed by atoms with E-state index < -0.39 is 9.84 Å². The summed E-state index contributed by atoms with van der Waals surface area (Å²) in [5, 5.41) is 0. The van der Waals surface area contributed by atoms with E-state index >= 15 is 0 Å². The van der Waals surface area contributed by atoms with E-state index in [4.69, 9.17) is 4.74 Å². The molecule has 2 heterocycles. The Labute approximate surface area is 203 Å². The van der Waals surface area contributed by atoms with Gasteiger partial charge in [-0.25, -0.2) is 8.42 Å². The van der Waals surface area contributed by atoms with Crippen molar-refractivity contribution in [3.05, 3.63) is 65.7 Å². The number of piperidine rings is 1. The van der Waals surface area contributed by atoms with E-state index in [1.165, 1.54) is 17.7 Å². The molecule has 1 amide bonds. The molecule has 2 aromatic rings. The van der Waals surface area contributed by atoms with Crippen LogP contribution in [0, 0.1) is 0 Å². The Balaban J connectivity index is 1.32. The van der Waals surface area contributed by atoms with Crippen LogP contribution in [0.5, 0.6) is 5.75 Å². The van der Waals surface area contributed by atoms with Gasteiger partial charge in [0.15, 0.2) is 9.84 Å². The van der Waals surface area contributed by atoms with Crippen molar-refractivity contribution in [3.8, 4) is 5.75 Å². The zero-order valence-electron chi connectivity index (χ0n) is 20.2. The minimum Gasteiger partial charge on any atom is -0.490 e. The number of rotatable bonds is 6. The monoisotopic (exact) mass is 482 g/mol. The number of hydrogen-bond acceptors (Lipinski definition) is 5. The van der Waals surface area contributed by atoms with Crippen molar-refractivity contribution >= 4 is 21.3 Å². The number of hydrogen-bond donors (Lipinski definition) is 0. The first-order valence-electron chi connectivity index (χ1n) is 12.0. The number of ether oxygens (including phenoxy) is 1. The number of benzene rings is 2. The van der Waals surface area contributed by atoms with E-state index in [9.17, 15) is 13.2 Å². The number of carbonyl (C=O) groups excluding carboxylic acids is 1. The predicted octanol–water partition coefficient (Wildman–Crippen LogP) is 4.27. The van der Waals surface area contributed by atoms with Crippen LogP contribution < -0.4 is 4.74 Å². The van der Waals surface area contributed by atoms with Crippen LogP contribution in [0.1, 0.15) is 49.0 Å². The van der Waals surface area contributed by atoms with Crippen LogP contribution in [-0.4, -0.2) is 68.7 Å². The summed E-state index contributed by atoms with van der Waals surface area (Å²) in [6, 6.07) is 15.0. The molecule has 0 saturated carbocycles. The lowest BCUT2D eigenvalue weighted by molar-refractivity contribution is 0.0772. The van der Waals surface area contributed by atoms with E-state index in [1.807, 2.05) is 12.1 Å². The minimum atomic E-state index is -3.27. The lowest BCUT2D eigenvalue weighted by Crippen LogP contribution is -2.41. The lowest BCUT2D eigenvalue weighted by atomic mass is 9.99. The third kappa shape index (κ3) is 5.88. The molecule has 0 bridgehead atoms. The smallest absolute Gasteiger partial charge is 0.254 e. The first kappa shape index (κ1) is 24.5. The van der Waals surface area contributed by atoms with Gasteiger partial charge >= 0.3 is 0 Å². The summed E-state index contributed by atoms with van der Waals surface area (Å²) >= 11 is 0. The van der Waals surface area contributed by atoms with E-state index in [1.54, 1.807) is 17.0 Å². The van der Waals surface area contributed by atoms with Crippen molar-refractivity contribution in [2.75, 3.05) is 32.4 Å². The van der Waals surface area contributed by atoms with Crippen molar-refractivity contribution < 1.29 is 17.9 Å². The molecule has 34 heavy (non-hydrogen) atoms. The van der Waals surface area contributed by atoms with Gasteiger partial charge in [-0.15, -0.1) is 0 Å². The van der Waals surface area contributed by atoms with Crippen LogP contribution in [0.2, 0.25) is 0 Å². The van der Waals surface area contributed by atoms with E-state index in [2.05, 4.69) is 37.0 Å². The highest BCUT2D eigenvalue weighted by Gasteiger charge is 2.23. The Morgan fingerprint density at radius 3 is 2.15 bits per heavy atom. The molecular formula is C27H34N2O4S. The number of carbonyl (C=O) groups is 1. The highest BCUT2D eigenvalue weighted by Crippen LogP contribution is 2.27. The van der Waals surface area contributed by atoms with E-state index in [-0.39, 0.29) is 16.9 Å². The molecule has 4 rings (SSSR count). The first-order valence-corrected chi connectivity index (χ1v) is 13.9. The molecule has 7 heteroatoms. The Morgan fingerprint density at radius 1 is 0.971 bits per heavy atom. The van der Waals surface area contributed by atoms with Gasteiger partial charge in [0.2, 0.25) is 0 Å². The third-order valence-corrected chi connectivity index (χ3v) is 7.89. The molecule has 1 fully saturated rings. The summed E-state index contributed by atoms with van der Waals surface area (Å²) in [6.07, 6.45) is 6.44. The molecule has 0 N–H and O–H groups in total. The average Bonchev–Trinajstić information content (AvgIpc) is 2.84. The molecule has 0 unspecified atom stereocenters. The van der Waals surface area contributed by atoms with Gasteiger partial charge in [-0.05, 0) is 80.6 Å². The summed E-state index contributed by atoms with van der Waals surface area (Å²) in [5.41, 5.74) is 2.89. The molecule has 0 aromatic heterocycles. The van der Waals surface area contributed by atoms with E-state index in [0.717, 1.165) is 49.9 Å². The molecule has 0 aliphatic carbocycles. The van der Waals surface area contributed by atoms with Crippen LogP contribution in [-0.2, 0) is 9.84 Å². The van der Waals surface area contributed by atoms with Gasteiger partial charge in [-0.1, -0.05) is 18.2 Å². The average molecular weight is 483 g/mol. The normalized spacial score (nSPS) is 18.1. The molecule has 2 aromatic carbocycles. The Morgan fingerprint density at radius 2 is 1.62 bits per heavy atom. The van der Waals surface area contributed by atoms with Gasteiger partial charge in [0, 0.05) is 44.0 Å². The maximum Gasteiger partial charge on any atom is 0.254 e. The fraction of sp³-hybridized carbons (Fsp3) is 0.444. The van der Waals surface area contributed by atoms with Crippen LogP contribution in [0.4, 0.5) is 0 Å². The summed E-state index contributed by atoms with van der Waals surface area (Å²) in [4.78, 5) is 17.3. The van der Waals surface area contributed by atoms with Crippen LogP contribution in [0.25, 0.3) is 5.57 Å². The first-order chi connectivity index (χ1) is 16.2. The van der Waals surface area contributed by atoms with Gasteiger partial charge in [-0.2, -0.15) is 0 Å². The van der Waals surface area contributed by atoms with Gasteiger partial charge < -0.3 is 14.5 Å². The van der Waals surface area contributed by atoms with E-state index in [0.29, 0.717) is 24.7 Å². The van der Waals surface area contributed by atoms with Crippen LogP contribution in [0.3, 0.4) is 0 Å². The second-order valence-corrected chi connectivity index (χ2v) is 11.5. The Kier molecular flexibility index (Phi) is 7.43. The summed E-state index contributed by atoms with van der Waals surface area (Å²) in [5.74, 6) is 0.833. The molecule has 182 valence electrons. The topological polar surface area (TPSA) is 66.9 Å². The fourth-order valence-corrected chi connectivity index (χ4v) is 5.22. The second-order valence-electron chi connectivity index (χ2n) is 9.50. The van der Waals surface area contributed by atoms with Crippen molar-refractivity contribution in [3.63, 3.8) is 0 Å². The molecule has 0 radical (unpaired) electrons. The predicted molar refractivity (Wildman–Crippen MR) is 135 cm³/mol. The fourth-order valence-electron chi connectivity index (χ4n) is 4.59. The molecule has 0 atom stereocenters. The zero-order chi connectivity index (χ0) is 24.3. The minimum absolute atomic E-state index is 0.0809. The lowest BCUT2D eigenvalue weighted by Gasteiger charge is -2.34. The summed E-state index contributed by atoms with van der Waals surface area (Å²) < 4.78 is 29.5. The van der Waals surface area contributed by atoms with Gasteiger partial charge in [-0.3, -0.25) is 4.79 Å². The van der Waals surface area contributed by atoms with Crippen molar-refractivity contribution in [2.45, 2.75) is 50.2 Å². The van der Waals surface area contributed by atoms with Crippen LogP contribution in [0.15, 0.2) is 59.5 Å². The number of likely N-dealkylation sites (tertiary alicyclic amines) is 1. The third-order valence-electron chi connectivity index (χ3n) is 6.76. The summed E-state index contributed by atoms with van der Waals surface area (Å²) in [6.45, 7) is 7.83. The molecule has 1 saturated heterocycles. The number of nitrogens with zero attached hydrogens (tertiary/aromatic N) is 2. The largest absolute Gasteiger partial charge is 0.490 e. The number of sulfone groups is 1. The zero-order valence-corrected chi connectivity index (χ0v) is 21.1. The quantitative estimate of drug-likeness (QED) is 0.615. The van der Waals surface area contributed by atoms with Crippen LogP contribution >= 0.6 is 0 Å². The maximum absolute atomic E-state index is 12.8. The molecule has 2 aliphatic heterocycles. The summed E-state index contributed by atoms with van der Waals surface area (Å²) in [7, 11) is -3.27. The standard InChI is InChI=1S/C27H34N2O4S/c1-20(2)28-18-14-25(15-19-28)33-24-8-4-21(5-9-24)22-12-16-29(17-13-22)27(30)23-6-10-26(11-7-23)34(3,31)32/h4-12,20,25H,13-19H2,1-3H3. The van der Waals surface area contributed by atoms with Gasteiger partial charge in [0.05, 0.1) is 4.90 Å². The Bertz CT molecular complexity index is 1130. The van der Waals surface area contributed by atoms with Crippen molar-refractivity contribution in [1.29, 1.82) is 0 Å². The van der Waals surface area contributed by atoms with Crippen molar-refractivity contribution in [2.24, 2.45) is 0 Å². The maximum atomic E-state index is 12.8.